The normalized spacial score (nSPS) is 23.6. The SMILES string of the molecule is O=c1cccc2n1CC1CC2CN(Cc2c(F)cccc2F)C1. The molecule has 1 fully saturated rings. The third-order valence-electron chi connectivity index (χ3n) is 5.00. The van der Waals surface area contributed by atoms with E-state index in [0.717, 1.165) is 25.2 Å². The maximum Gasteiger partial charge on any atom is 0.250 e. The lowest BCUT2D eigenvalue weighted by Crippen LogP contribution is -2.46. The maximum atomic E-state index is 13.9. The first-order valence-electron chi connectivity index (χ1n) is 7.97. The zero-order valence-electron chi connectivity index (χ0n) is 12.7. The molecule has 5 heteroatoms. The average Bonchev–Trinajstić information content (AvgIpc) is 2.52. The third-order valence-corrected chi connectivity index (χ3v) is 5.00. The number of pyridine rings is 1. The van der Waals surface area contributed by atoms with E-state index >= 15 is 0 Å². The second kappa shape index (κ2) is 5.57. The number of likely N-dealkylation sites (tertiary alicyclic amines) is 1. The van der Waals surface area contributed by atoms with Crippen LogP contribution in [-0.4, -0.2) is 22.6 Å². The van der Waals surface area contributed by atoms with Crippen molar-refractivity contribution in [3.63, 3.8) is 0 Å². The molecule has 4 rings (SSSR count). The summed E-state index contributed by atoms with van der Waals surface area (Å²) in [5.74, 6) is -0.364. The Hall–Kier alpha value is -2.01. The van der Waals surface area contributed by atoms with Crippen molar-refractivity contribution in [2.24, 2.45) is 5.92 Å². The fraction of sp³-hybridized carbons (Fsp3) is 0.389. The second-order valence-electron chi connectivity index (χ2n) is 6.59. The predicted octanol–water partition coefficient (Wildman–Crippen LogP) is 2.75. The molecule has 2 bridgehead atoms. The van der Waals surface area contributed by atoms with Crippen molar-refractivity contribution in [3.8, 4) is 0 Å². The molecule has 0 spiro atoms. The molecule has 0 aliphatic carbocycles. The largest absolute Gasteiger partial charge is 0.312 e. The Labute approximate surface area is 133 Å². The lowest BCUT2D eigenvalue weighted by atomic mass is 9.83. The molecule has 0 amide bonds. The van der Waals surface area contributed by atoms with Crippen LogP contribution in [-0.2, 0) is 13.1 Å². The van der Waals surface area contributed by atoms with Crippen molar-refractivity contribution >= 4 is 0 Å². The van der Waals surface area contributed by atoms with E-state index in [9.17, 15) is 13.6 Å². The Balaban J connectivity index is 1.60. The highest BCUT2D eigenvalue weighted by molar-refractivity contribution is 5.21. The van der Waals surface area contributed by atoms with Gasteiger partial charge in [0, 0.05) is 49.4 Å². The number of rotatable bonds is 2. The molecule has 2 unspecified atom stereocenters. The summed E-state index contributed by atoms with van der Waals surface area (Å²) in [6.45, 7) is 2.48. The minimum absolute atomic E-state index is 0.0470. The third kappa shape index (κ3) is 2.59. The maximum absolute atomic E-state index is 13.9. The van der Waals surface area contributed by atoms with E-state index in [2.05, 4.69) is 4.90 Å². The fourth-order valence-corrected chi connectivity index (χ4v) is 4.03. The van der Waals surface area contributed by atoms with Gasteiger partial charge in [-0.3, -0.25) is 9.69 Å². The Morgan fingerprint density at radius 2 is 1.74 bits per heavy atom. The van der Waals surface area contributed by atoms with Crippen LogP contribution in [0.3, 0.4) is 0 Å². The summed E-state index contributed by atoms with van der Waals surface area (Å²) in [6, 6.07) is 9.38. The molecule has 0 N–H and O–H groups in total. The summed E-state index contributed by atoms with van der Waals surface area (Å²) in [5.41, 5.74) is 1.23. The molecule has 23 heavy (non-hydrogen) atoms. The van der Waals surface area contributed by atoms with Crippen LogP contribution in [0.1, 0.15) is 23.6 Å². The molecule has 1 saturated heterocycles. The lowest BCUT2D eigenvalue weighted by molar-refractivity contribution is 0.112. The molecule has 1 aromatic carbocycles. The van der Waals surface area contributed by atoms with Gasteiger partial charge in [0.25, 0.3) is 5.56 Å². The van der Waals surface area contributed by atoms with Gasteiger partial charge in [0.2, 0.25) is 0 Å². The first-order valence-corrected chi connectivity index (χ1v) is 7.97. The molecule has 2 aliphatic heterocycles. The average molecular weight is 316 g/mol. The summed E-state index contributed by atoms with van der Waals surface area (Å²) in [4.78, 5) is 14.1. The molecule has 0 radical (unpaired) electrons. The number of fused-ring (bicyclic) bond motifs is 4. The summed E-state index contributed by atoms with van der Waals surface area (Å²) in [5, 5.41) is 0. The first-order chi connectivity index (χ1) is 11.1. The minimum Gasteiger partial charge on any atom is -0.312 e. The van der Waals surface area contributed by atoms with Gasteiger partial charge in [-0.25, -0.2) is 8.78 Å². The van der Waals surface area contributed by atoms with E-state index in [0.29, 0.717) is 12.5 Å². The molecule has 2 aromatic rings. The summed E-state index contributed by atoms with van der Waals surface area (Å²) in [6.07, 6.45) is 1.04. The highest BCUT2D eigenvalue weighted by Gasteiger charge is 2.34. The molecule has 2 atom stereocenters. The van der Waals surface area contributed by atoms with Crippen molar-refractivity contribution < 1.29 is 8.78 Å². The minimum atomic E-state index is -0.489. The van der Waals surface area contributed by atoms with Gasteiger partial charge in [0.05, 0.1) is 0 Å². The molecule has 120 valence electrons. The van der Waals surface area contributed by atoms with Crippen LogP contribution < -0.4 is 5.56 Å². The highest BCUT2D eigenvalue weighted by Crippen LogP contribution is 2.35. The molecular weight excluding hydrogens is 298 g/mol. The van der Waals surface area contributed by atoms with E-state index in [1.807, 2.05) is 10.6 Å². The van der Waals surface area contributed by atoms with Crippen molar-refractivity contribution in [3.05, 3.63) is 69.6 Å². The van der Waals surface area contributed by atoms with Crippen molar-refractivity contribution in [2.45, 2.75) is 25.4 Å². The molecule has 0 saturated carbocycles. The highest BCUT2D eigenvalue weighted by atomic mass is 19.1. The number of piperidine rings is 1. The predicted molar refractivity (Wildman–Crippen MR) is 83.2 cm³/mol. The van der Waals surface area contributed by atoms with Gasteiger partial charge in [0.15, 0.2) is 0 Å². The van der Waals surface area contributed by atoms with E-state index in [1.165, 1.54) is 18.2 Å². The van der Waals surface area contributed by atoms with Gasteiger partial charge < -0.3 is 4.57 Å². The Kier molecular flexibility index (Phi) is 3.53. The number of benzene rings is 1. The standard InChI is InChI=1S/C18H18F2N2O/c19-15-3-1-4-16(20)14(15)11-21-8-12-7-13(10-21)17-5-2-6-18(23)22(17)9-12/h1-6,12-13H,7-11H2. The molecule has 3 heterocycles. The topological polar surface area (TPSA) is 25.2 Å². The molecular formula is C18H18F2N2O. The van der Waals surface area contributed by atoms with Crippen molar-refractivity contribution in [1.82, 2.24) is 9.47 Å². The fourth-order valence-electron chi connectivity index (χ4n) is 4.03. The van der Waals surface area contributed by atoms with E-state index in [1.54, 1.807) is 12.1 Å². The zero-order valence-corrected chi connectivity index (χ0v) is 12.7. The smallest absolute Gasteiger partial charge is 0.250 e. The molecule has 2 aliphatic rings. The monoisotopic (exact) mass is 316 g/mol. The van der Waals surface area contributed by atoms with Crippen LogP contribution in [0.4, 0.5) is 8.78 Å². The van der Waals surface area contributed by atoms with Gasteiger partial charge in [0.1, 0.15) is 11.6 Å². The van der Waals surface area contributed by atoms with Gasteiger partial charge >= 0.3 is 0 Å². The van der Waals surface area contributed by atoms with E-state index < -0.39 is 11.6 Å². The van der Waals surface area contributed by atoms with Gasteiger partial charge in [-0.05, 0) is 30.5 Å². The quantitative estimate of drug-likeness (QED) is 0.851. The molecule has 3 nitrogen and oxygen atoms in total. The van der Waals surface area contributed by atoms with Gasteiger partial charge in [-0.2, -0.15) is 0 Å². The zero-order chi connectivity index (χ0) is 16.0. The number of nitrogens with zero attached hydrogens (tertiary/aromatic N) is 2. The van der Waals surface area contributed by atoms with Crippen LogP contribution in [0, 0.1) is 17.6 Å². The van der Waals surface area contributed by atoms with Crippen molar-refractivity contribution in [2.75, 3.05) is 13.1 Å². The van der Waals surface area contributed by atoms with Crippen LogP contribution in [0.15, 0.2) is 41.2 Å². The Morgan fingerprint density at radius 3 is 2.52 bits per heavy atom. The number of hydrogen-bond acceptors (Lipinski definition) is 2. The summed E-state index contributed by atoms with van der Waals surface area (Å²) >= 11 is 0. The van der Waals surface area contributed by atoms with E-state index in [-0.39, 0.29) is 23.6 Å². The lowest BCUT2D eigenvalue weighted by Gasteiger charge is -2.42. The van der Waals surface area contributed by atoms with Gasteiger partial charge in [-0.15, -0.1) is 0 Å². The van der Waals surface area contributed by atoms with Crippen LogP contribution in [0.25, 0.3) is 0 Å². The van der Waals surface area contributed by atoms with Crippen molar-refractivity contribution in [1.29, 1.82) is 0 Å². The summed E-state index contributed by atoms with van der Waals surface area (Å²) in [7, 11) is 0. The first kappa shape index (κ1) is 14.6. The number of aromatic nitrogens is 1. The van der Waals surface area contributed by atoms with E-state index in [4.69, 9.17) is 0 Å². The second-order valence-corrected chi connectivity index (χ2v) is 6.59. The molecule has 1 aromatic heterocycles. The Morgan fingerprint density at radius 1 is 1.00 bits per heavy atom. The van der Waals surface area contributed by atoms with Gasteiger partial charge in [-0.1, -0.05) is 12.1 Å². The number of halogens is 2. The van der Waals surface area contributed by atoms with Crippen LogP contribution in [0.2, 0.25) is 0 Å². The van der Waals surface area contributed by atoms with Crippen LogP contribution in [0.5, 0.6) is 0 Å². The number of hydrogen-bond donors (Lipinski definition) is 0. The van der Waals surface area contributed by atoms with Crippen LogP contribution >= 0.6 is 0 Å². The summed E-state index contributed by atoms with van der Waals surface area (Å²) < 4.78 is 29.6. The Bertz CT molecular complexity index is 782.